The molecule has 1 aromatic carbocycles. The van der Waals surface area contributed by atoms with Crippen LogP contribution in [0, 0.1) is 20.8 Å². The van der Waals surface area contributed by atoms with Crippen molar-refractivity contribution in [1.82, 2.24) is 24.5 Å². The lowest BCUT2D eigenvalue weighted by Gasteiger charge is -2.14. The van der Waals surface area contributed by atoms with Gasteiger partial charge in [-0.2, -0.15) is 5.10 Å². The number of para-hydroxylation sites is 1. The molecule has 0 saturated carbocycles. The van der Waals surface area contributed by atoms with Crippen molar-refractivity contribution in [2.45, 2.75) is 38.1 Å². The van der Waals surface area contributed by atoms with E-state index in [2.05, 4.69) is 20.6 Å². The van der Waals surface area contributed by atoms with Gasteiger partial charge in [-0.1, -0.05) is 30.0 Å². The maximum Gasteiger partial charge on any atom is 0.237 e. The molecule has 1 N–H and O–H groups in total. The van der Waals surface area contributed by atoms with Gasteiger partial charge >= 0.3 is 0 Å². The van der Waals surface area contributed by atoms with Crippen LogP contribution in [-0.4, -0.2) is 35.7 Å². The third-order valence-corrected chi connectivity index (χ3v) is 6.20. The van der Waals surface area contributed by atoms with E-state index in [9.17, 15) is 4.79 Å². The zero-order valence-corrected chi connectivity index (χ0v) is 18.9. The second kappa shape index (κ2) is 8.43. The van der Waals surface area contributed by atoms with Gasteiger partial charge in [0.15, 0.2) is 11.0 Å². The minimum absolute atomic E-state index is 0.118. The number of nitrogens with zero attached hydrogens (tertiary/aromatic N) is 5. The van der Waals surface area contributed by atoms with Crippen LogP contribution in [0.1, 0.15) is 24.1 Å². The zero-order valence-electron chi connectivity index (χ0n) is 18.1. The van der Waals surface area contributed by atoms with Crippen LogP contribution in [0.3, 0.4) is 0 Å². The van der Waals surface area contributed by atoms with E-state index in [0.29, 0.717) is 11.0 Å². The minimum Gasteiger partial charge on any atom is -0.469 e. The van der Waals surface area contributed by atoms with Gasteiger partial charge in [0, 0.05) is 12.7 Å². The molecular weight excluding hydrogens is 412 g/mol. The smallest absolute Gasteiger partial charge is 0.237 e. The number of thioether (sulfide) groups is 1. The Balaban J connectivity index is 1.64. The summed E-state index contributed by atoms with van der Waals surface area (Å²) in [5.41, 5.74) is 4.22. The molecule has 0 fully saturated rings. The Hall–Kier alpha value is -3.33. The number of nitrogens with one attached hydrogen (secondary N) is 1. The van der Waals surface area contributed by atoms with Gasteiger partial charge in [-0.25, -0.2) is 0 Å². The fraction of sp³-hybridized carbons (Fsp3) is 0.273. The highest BCUT2D eigenvalue weighted by molar-refractivity contribution is 8.00. The maximum absolute atomic E-state index is 12.9. The summed E-state index contributed by atoms with van der Waals surface area (Å²) in [5, 5.41) is 16.4. The first kappa shape index (κ1) is 20.9. The van der Waals surface area contributed by atoms with Gasteiger partial charge in [-0.05, 0) is 45.9 Å². The van der Waals surface area contributed by atoms with Crippen LogP contribution in [0.4, 0.5) is 5.69 Å². The Morgan fingerprint density at radius 2 is 1.87 bits per heavy atom. The lowest BCUT2D eigenvalue weighted by atomic mass is 10.2. The second-order valence-electron chi connectivity index (χ2n) is 7.29. The summed E-state index contributed by atoms with van der Waals surface area (Å²) in [7, 11) is 1.86. The number of rotatable bonds is 6. The molecule has 4 aromatic rings. The molecule has 4 rings (SSSR count). The molecule has 0 saturated heterocycles. The van der Waals surface area contributed by atoms with Gasteiger partial charge in [0.05, 0.1) is 34.2 Å². The first-order valence-corrected chi connectivity index (χ1v) is 10.8. The minimum atomic E-state index is -0.399. The quantitative estimate of drug-likeness (QED) is 0.453. The molecule has 1 atom stereocenters. The van der Waals surface area contributed by atoms with Crippen molar-refractivity contribution >= 4 is 23.4 Å². The number of hydrogen-bond donors (Lipinski definition) is 1. The Morgan fingerprint density at radius 1 is 1.13 bits per heavy atom. The first-order valence-electron chi connectivity index (χ1n) is 9.89. The van der Waals surface area contributed by atoms with E-state index < -0.39 is 5.25 Å². The van der Waals surface area contributed by atoms with Crippen LogP contribution in [-0.2, 0) is 11.8 Å². The number of furan rings is 1. The van der Waals surface area contributed by atoms with Crippen molar-refractivity contribution in [2.75, 3.05) is 5.32 Å². The third-order valence-electron chi connectivity index (χ3n) is 5.16. The van der Waals surface area contributed by atoms with Crippen LogP contribution in [0.15, 0.2) is 52.2 Å². The lowest BCUT2D eigenvalue weighted by Crippen LogP contribution is -2.23. The van der Waals surface area contributed by atoms with Crippen molar-refractivity contribution in [3.8, 4) is 17.1 Å². The van der Waals surface area contributed by atoms with Gasteiger partial charge in [0.1, 0.15) is 5.76 Å². The van der Waals surface area contributed by atoms with E-state index in [1.54, 1.807) is 10.9 Å². The molecule has 0 bridgehead atoms. The molecule has 3 heterocycles. The highest BCUT2D eigenvalue weighted by Gasteiger charge is 2.24. The summed E-state index contributed by atoms with van der Waals surface area (Å²) in [4.78, 5) is 12.9. The van der Waals surface area contributed by atoms with Crippen LogP contribution in [0.2, 0.25) is 0 Å². The number of amides is 1. The number of carbonyl (C=O) groups excluding carboxylic acids is 1. The molecule has 0 aliphatic rings. The predicted molar refractivity (Wildman–Crippen MR) is 120 cm³/mol. The summed E-state index contributed by atoms with van der Waals surface area (Å²) < 4.78 is 9.18. The Kier molecular flexibility index (Phi) is 5.69. The number of benzene rings is 1. The molecule has 1 amide bonds. The number of carbonyl (C=O) groups is 1. The molecule has 9 heteroatoms. The number of hydrogen-bond acceptors (Lipinski definition) is 6. The maximum atomic E-state index is 12.9. The normalized spacial score (nSPS) is 12.2. The zero-order chi connectivity index (χ0) is 22.1. The number of anilines is 1. The summed E-state index contributed by atoms with van der Waals surface area (Å²) in [6, 6.07) is 11.7. The third kappa shape index (κ3) is 4.00. The van der Waals surface area contributed by atoms with Gasteiger partial charge in [-0.15, -0.1) is 10.2 Å². The largest absolute Gasteiger partial charge is 0.469 e. The van der Waals surface area contributed by atoms with E-state index in [4.69, 9.17) is 4.42 Å². The lowest BCUT2D eigenvalue weighted by molar-refractivity contribution is -0.115. The number of aromatic nitrogens is 5. The molecule has 0 aliphatic carbocycles. The van der Waals surface area contributed by atoms with Crippen molar-refractivity contribution in [3.05, 3.63) is 59.8 Å². The molecular formula is C22H24N6O2S. The predicted octanol–water partition coefficient (Wildman–Crippen LogP) is 4.31. The summed E-state index contributed by atoms with van der Waals surface area (Å²) in [6.45, 7) is 7.56. The molecule has 8 nitrogen and oxygen atoms in total. The van der Waals surface area contributed by atoms with E-state index in [-0.39, 0.29) is 5.91 Å². The van der Waals surface area contributed by atoms with Crippen LogP contribution in [0.5, 0.6) is 0 Å². The topological polar surface area (TPSA) is 90.8 Å². The van der Waals surface area contributed by atoms with Crippen molar-refractivity contribution in [1.29, 1.82) is 0 Å². The second-order valence-corrected chi connectivity index (χ2v) is 8.59. The molecule has 160 valence electrons. The molecule has 0 radical (unpaired) electrons. The van der Waals surface area contributed by atoms with Crippen molar-refractivity contribution in [3.63, 3.8) is 0 Å². The van der Waals surface area contributed by atoms with E-state index in [0.717, 1.165) is 34.1 Å². The van der Waals surface area contributed by atoms with Crippen LogP contribution in [0.25, 0.3) is 17.1 Å². The van der Waals surface area contributed by atoms with Crippen LogP contribution < -0.4 is 5.32 Å². The van der Waals surface area contributed by atoms with Gasteiger partial charge in [0.25, 0.3) is 0 Å². The van der Waals surface area contributed by atoms with Crippen molar-refractivity contribution < 1.29 is 9.21 Å². The molecule has 31 heavy (non-hydrogen) atoms. The van der Waals surface area contributed by atoms with E-state index >= 15 is 0 Å². The van der Waals surface area contributed by atoms with Gasteiger partial charge in [-0.3, -0.25) is 14.0 Å². The summed E-state index contributed by atoms with van der Waals surface area (Å²) in [6.07, 6.45) is 1.64. The SMILES string of the molecule is Cc1nn(C)c(C)c1NC(=O)C(C)Sc1nnc(-c2ccoc2C)n1-c1ccccc1. The Morgan fingerprint density at radius 3 is 2.48 bits per heavy atom. The van der Waals surface area contributed by atoms with E-state index in [1.165, 1.54) is 11.8 Å². The number of aryl methyl sites for hydroxylation is 3. The Labute approximate surface area is 184 Å². The molecule has 1 unspecified atom stereocenters. The van der Waals surface area contributed by atoms with Gasteiger partial charge in [0.2, 0.25) is 5.91 Å². The monoisotopic (exact) mass is 436 g/mol. The first-order chi connectivity index (χ1) is 14.9. The summed E-state index contributed by atoms with van der Waals surface area (Å²) in [5.74, 6) is 1.31. The fourth-order valence-corrected chi connectivity index (χ4v) is 4.21. The average molecular weight is 437 g/mol. The highest BCUT2D eigenvalue weighted by Crippen LogP contribution is 2.32. The Bertz CT molecular complexity index is 1220. The molecule has 3 aromatic heterocycles. The van der Waals surface area contributed by atoms with Gasteiger partial charge < -0.3 is 9.73 Å². The fourth-order valence-electron chi connectivity index (χ4n) is 3.34. The van der Waals surface area contributed by atoms with Crippen LogP contribution >= 0.6 is 11.8 Å². The van der Waals surface area contributed by atoms with Crippen molar-refractivity contribution in [2.24, 2.45) is 7.05 Å². The standard InChI is InChI=1S/C22H24N6O2S/c1-13-19(14(2)27(5)26-13)23-21(29)16(4)31-22-25-24-20(18-11-12-30-15(18)3)28(22)17-9-7-6-8-10-17/h6-12,16H,1-5H3,(H,23,29). The highest BCUT2D eigenvalue weighted by atomic mass is 32.2. The van der Waals surface area contributed by atoms with E-state index in [1.807, 2.05) is 75.7 Å². The molecule has 0 aliphatic heterocycles. The summed E-state index contributed by atoms with van der Waals surface area (Å²) >= 11 is 1.35. The average Bonchev–Trinajstić information content (AvgIpc) is 3.42. The molecule has 0 spiro atoms.